The van der Waals surface area contributed by atoms with Crippen LogP contribution < -0.4 is 15.9 Å². The Balaban J connectivity index is 0.00000280. The number of hydrogen-bond acceptors (Lipinski definition) is 1. The number of carboxylic acid groups (broad SMARTS) is 1. The zero-order valence-corrected chi connectivity index (χ0v) is 18.8. The van der Waals surface area contributed by atoms with Crippen molar-refractivity contribution in [2.75, 3.05) is 6.16 Å². The van der Waals surface area contributed by atoms with Crippen molar-refractivity contribution >= 4 is 45.2 Å². The Kier molecular flexibility index (Phi) is 7.57. The van der Waals surface area contributed by atoms with E-state index in [1.165, 1.54) is 0 Å². The Bertz CT molecular complexity index is 783. The van der Waals surface area contributed by atoms with E-state index in [-0.39, 0.29) is 17.0 Å². The first-order valence-electron chi connectivity index (χ1n) is 9.58. The molecule has 0 aromatic heterocycles. The number of rotatable bonds is 8. The second-order valence-electron chi connectivity index (χ2n) is 7.02. The van der Waals surface area contributed by atoms with Crippen LogP contribution in [0.5, 0.6) is 0 Å². The van der Waals surface area contributed by atoms with Gasteiger partial charge in [0.15, 0.2) is 0 Å². The van der Waals surface area contributed by atoms with Crippen molar-refractivity contribution in [2.45, 2.75) is 26.2 Å². The molecule has 1 N–H and O–H groups in total. The summed E-state index contributed by atoms with van der Waals surface area (Å²) in [7, 11) is 0. The topological polar surface area (TPSA) is 37.3 Å². The average molecular weight is 459 g/mol. The Morgan fingerprint density at radius 1 is 0.714 bits per heavy atom. The summed E-state index contributed by atoms with van der Waals surface area (Å²) in [6.45, 7) is -1.53. The molecular weight excluding hydrogens is 431 g/mol. The van der Waals surface area contributed by atoms with E-state index in [4.69, 9.17) is 0 Å². The van der Waals surface area contributed by atoms with Gasteiger partial charge in [0.2, 0.25) is 0 Å². The summed E-state index contributed by atoms with van der Waals surface area (Å²) in [4.78, 5) is 13.4. The van der Waals surface area contributed by atoms with Gasteiger partial charge < -0.3 is 0 Å². The molecule has 0 heterocycles. The standard InChI is InChI=1S/C24H27O2P.BrH/c1-2-3-13-20-27(24(25)26,21-14-7-4-8-15-21,22-16-9-5-10-17-22)23-18-11-6-12-19-23;/h4-12,14-19H,2-3,13,20H2,1H3,(H,25,26);1H. The Morgan fingerprint density at radius 2 is 1.07 bits per heavy atom. The fraction of sp³-hybridized carbons (Fsp3) is 0.208. The molecule has 0 amide bonds. The van der Waals surface area contributed by atoms with Crippen LogP contribution in [0.3, 0.4) is 0 Å². The predicted molar refractivity (Wildman–Crippen MR) is 128 cm³/mol. The van der Waals surface area contributed by atoms with Gasteiger partial charge in [-0.3, -0.25) is 0 Å². The van der Waals surface area contributed by atoms with Gasteiger partial charge in [0.25, 0.3) is 0 Å². The average Bonchev–Trinajstić information content (AvgIpc) is 2.73. The van der Waals surface area contributed by atoms with Crippen LogP contribution in [0.25, 0.3) is 0 Å². The molecule has 0 unspecified atom stereocenters. The summed E-state index contributed by atoms with van der Waals surface area (Å²) in [5, 5.41) is 13.8. The maximum atomic E-state index is 13.4. The zero-order chi connectivity index (χ0) is 19.2. The van der Waals surface area contributed by atoms with E-state index in [0.717, 1.165) is 35.2 Å². The van der Waals surface area contributed by atoms with Crippen molar-refractivity contribution in [1.82, 2.24) is 0 Å². The van der Waals surface area contributed by atoms with Crippen molar-refractivity contribution in [3.8, 4) is 0 Å². The normalized spacial score (nSPS) is 12.4. The molecule has 0 fully saturated rings. The third-order valence-electron chi connectivity index (χ3n) is 5.61. The molecule has 0 aliphatic heterocycles. The van der Waals surface area contributed by atoms with Gasteiger partial charge in [0.05, 0.1) is 0 Å². The third-order valence-corrected chi connectivity index (χ3v) is 12.0. The molecule has 0 saturated carbocycles. The van der Waals surface area contributed by atoms with Crippen LogP contribution in [0.1, 0.15) is 26.2 Å². The van der Waals surface area contributed by atoms with E-state index in [0.29, 0.717) is 6.16 Å². The summed E-state index contributed by atoms with van der Waals surface area (Å²) in [5.41, 5.74) is -0.694. The summed E-state index contributed by atoms with van der Waals surface area (Å²) < 4.78 is 0. The van der Waals surface area contributed by atoms with Crippen LogP contribution in [0.2, 0.25) is 0 Å². The van der Waals surface area contributed by atoms with Crippen LogP contribution in [0, 0.1) is 0 Å². The monoisotopic (exact) mass is 458 g/mol. The van der Waals surface area contributed by atoms with Crippen molar-refractivity contribution in [2.24, 2.45) is 0 Å². The van der Waals surface area contributed by atoms with Crippen molar-refractivity contribution in [1.29, 1.82) is 0 Å². The van der Waals surface area contributed by atoms with E-state index < -0.39 is 12.3 Å². The molecule has 148 valence electrons. The SMILES string of the molecule is Br.CCCCCP(C(=O)O)(c1ccccc1)(c1ccccc1)c1ccccc1. The first kappa shape index (κ1) is 22.3. The quantitative estimate of drug-likeness (QED) is 0.333. The van der Waals surface area contributed by atoms with Gasteiger partial charge in [-0.2, -0.15) is 0 Å². The van der Waals surface area contributed by atoms with Gasteiger partial charge in [-0.25, -0.2) is 0 Å². The van der Waals surface area contributed by atoms with E-state index in [1.54, 1.807) is 0 Å². The van der Waals surface area contributed by atoms with Crippen LogP contribution in [-0.2, 0) is 0 Å². The number of carbonyl (C=O) groups is 1. The molecule has 28 heavy (non-hydrogen) atoms. The molecule has 0 aliphatic carbocycles. The van der Waals surface area contributed by atoms with Gasteiger partial charge in [0, 0.05) is 0 Å². The maximum absolute atomic E-state index is 13.4. The Morgan fingerprint density at radius 3 is 1.36 bits per heavy atom. The number of hydrogen-bond donors (Lipinski definition) is 1. The molecule has 0 radical (unpaired) electrons. The minimum atomic E-state index is -3.69. The molecule has 0 atom stereocenters. The Hall–Kier alpha value is -1.96. The molecule has 3 aromatic carbocycles. The molecule has 0 aliphatic rings. The zero-order valence-electron chi connectivity index (χ0n) is 16.2. The second kappa shape index (κ2) is 9.49. The van der Waals surface area contributed by atoms with Crippen LogP contribution in [0.4, 0.5) is 4.79 Å². The first-order chi connectivity index (χ1) is 13.2. The van der Waals surface area contributed by atoms with Crippen LogP contribution in [-0.4, -0.2) is 17.0 Å². The van der Waals surface area contributed by atoms with Gasteiger partial charge >= 0.3 is 161 Å². The molecule has 3 rings (SSSR count). The van der Waals surface area contributed by atoms with E-state index in [9.17, 15) is 9.90 Å². The van der Waals surface area contributed by atoms with Gasteiger partial charge in [-0.1, -0.05) is 0 Å². The fourth-order valence-electron chi connectivity index (χ4n) is 4.21. The predicted octanol–water partition coefficient (Wildman–Crippen LogP) is 5.96. The summed E-state index contributed by atoms with van der Waals surface area (Å²) in [6, 6.07) is 29.7. The van der Waals surface area contributed by atoms with Crippen molar-refractivity contribution < 1.29 is 9.90 Å². The molecule has 4 heteroatoms. The van der Waals surface area contributed by atoms with Crippen LogP contribution in [0.15, 0.2) is 91.0 Å². The molecule has 0 saturated heterocycles. The Labute approximate surface area is 178 Å². The van der Waals surface area contributed by atoms with Crippen molar-refractivity contribution in [3.05, 3.63) is 91.0 Å². The van der Waals surface area contributed by atoms with Gasteiger partial charge in [-0.05, 0) is 0 Å². The third kappa shape index (κ3) is 3.43. The molecule has 0 bridgehead atoms. The van der Waals surface area contributed by atoms with E-state index in [1.807, 2.05) is 91.0 Å². The first-order valence-corrected chi connectivity index (χ1v) is 12.0. The summed E-state index contributed by atoms with van der Waals surface area (Å²) in [6.07, 6.45) is 3.62. The van der Waals surface area contributed by atoms with E-state index in [2.05, 4.69) is 6.92 Å². The van der Waals surface area contributed by atoms with Gasteiger partial charge in [0.1, 0.15) is 0 Å². The second-order valence-corrected chi connectivity index (χ2v) is 12.0. The fourth-order valence-corrected chi connectivity index (χ4v) is 10.1. The van der Waals surface area contributed by atoms with Crippen LogP contribution >= 0.6 is 23.6 Å². The summed E-state index contributed by atoms with van der Waals surface area (Å²) >= 11 is 0. The van der Waals surface area contributed by atoms with Crippen molar-refractivity contribution in [3.63, 3.8) is 0 Å². The number of benzene rings is 3. The van der Waals surface area contributed by atoms with E-state index >= 15 is 0 Å². The summed E-state index contributed by atoms with van der Waals surface area (Å²) in [5.74, 6) is 0. The minimum absolute atomic E-state index is 0. The molecule has 2 nitrogen and oxygen atoms in total. The molecule has 3 aromatic rings. The number of unbranched alkanes of at least 4 members (excludes halogenated alkanes) is 2. The van der Waals surface area contributed by atoms with Gasteiger partial charge in [-0.15, -0.1) is 17.0 Å². The number of halogens is 1. The molecular formula is C24H28BrO2P. The molecule has 0 spiro atoms.